The summed E-state index contributed by atoms with van der Waals surface area (Å²) in [7, 11) is -3.11. The van der Waals surface area contributed by atoms with Crippen LogP contribution in [0.15, 0.2) is 0 Å². The van der Waals surface area contributed by atoms with Crippen molar-refractivity contribution in [1.29, 1.82) is 0 Å². The molecule has 1 unspecified atom stereocenters. The highest BCUT2D eigenvalue weighted by Gasteiger charge is 2.37. The molecule has 0 spiro atoms. The zero-order chi connectivity index (χ0) is 10.3. The van der Waals surface area contributed by atoms with Crippen molar-refractivity contribution < 1.29 is 13.2 Å². The van der Waals surface area contributed by atoms with Gasteiger partial charge < -0.3 is 10.2 Å². The highest BCUT2D eigenvalue weighted by atomic mass is 32.2. The van der Waals surface area contributed by atoms with E-state index in [0.29, 0.717) is 26.2 Å². The standard InChI is InChI=1S/C7H13N3O3S/c1-14(12,13)9-2-3-10-6(5-9)4-8-7(10)11/h6H,2-5H2,1H3,(H,8,11). The first-order chi connectivity index (χ1) is 6.48. The molecule has 2 amide bonds. The largest absolute Gasteiger partial charge is 0.336 e. The predicted octanol–water partition coefficient (Wildman–Crippen LogP) is -1.34. The summed E-state index contributed by atoms with van der Waals surface area (Å²) in [6.07, 6.45) is 1.20. The molecular weight excluding hydrogens is 206 g/mol. The number of hydrogen-bond acceptors (Lipinski definition) is 3. The maximum atomic E-state index is 11.3. The van der Waals surface area contributed by atoms with Crippen LogP contribution in [0.4, 0.5) is 4.79 Å². The Hall–Kier alpha value is -0.820. The highest BCUT2D eigenvalue weighted by molar-refractivity contribution is 7.88. The summed E-state index contributed by atoms with van der Waals surface area (Å²) in [5, 5.41) is 2.70. The second-order valence-electron chi connectivity index (χ2n) is 3.65. The van der Waals surface area contributed by atoms with Crippen LogP contribution in [-0.4, -0.2) is 62.1 Å². The summed E-state index contributed by atoms with van der Waals surface area (Å²) < 4.78 is 23.9. The van der Waals surface area contributed by atoms with Gasteiger partial charge >= 0.3 is 6.03 Å². The molecule has 2 fully saturated rings. The van der Waals surface area contributed by atoms with Gasteiger partial charge in [0.05, 0.1) is 12.3 Å². The van der Waals surface area contributed by atoms with Gasteiger partial charge in [-0.15, -0.1) is 0 Å². The second kappa shape index (κ2) is 3.09. The van der Waals surface area contributed by atoms with E-state index in [1.807, 2.05) is 0 Å². The third-order valence-corrected chi connectivity index (χ3v) is 3.93. The highest BCUT2D eigenvalue weighted by Crippen LogP contribution is 2.15. The number of carbonyl (C=O) groups excluding carboxylic acids is 1. The van der Waals surface area contributed by atoms with Crippen LogP contribution in [0, 0.1) is 0 Å². The van der Waals surface area contributed by atoms with Gasteiger partial charge in [0.15, 0.2) is 0 Å². The van der Waals surface area contributed by atoms with Gasteiger partial charge in [0.2, 0.25) is 10.0 Å². The number of sulfonamides is 1. The number of urea groups is 1. The van der Waals surface area contributed by atoms with Crippen molar-refractivity contribution in [2.24, 2.45) is 0 Å². The molecule has 0 aromatic rings. The molecule has 1 atom stereocenters. The van der Waals surface area contributed by atoms with Crippen LogP contribution >= 0.6 is 0 Å². The molecule has 14 heavy (non-hydrogen) atoms. The summed E-state index contributed by atoms with van der Waals surface area (Å²) in [6.45, 7) is 1.86. The van der Waals surface area contributed by atoms with Crippen molar-refractivity contribution >= 4 is 16.1 Å². The summed E-state index contributed by atoms with van der Waals surface area (Å²) in [5.41, 5.74) is 0. The number of amides is 2. The van der Waals surface area contributed by atoms with Gasteiger partial charge in [0, 0.05) is 26.2 Å². The fourth-order valence-electron chi connectivity index (χ4n) is 1.88. The molecule has 0 radical (unpaired) electrons. The van der Waals surface area contributed by atoms with Crippen LogP contribution in [0.5, 0.6) is 0 Å². The molecule has 1 N–H and O–H groups in total. The first-order valence-electron chi connectivity index (χ1n) is 4.48. The molecule has 7 heteroatoms. The van der Waals surface area contributed by atoms with Crippen LogP contribution in [0.25, 0.3) is 0 Å². The van der Waals surface area contributed by atoms with Gasteiger partial charge in [-0.1, -0.05) is 0 Å². The van der Waals surface area contributed by atoms with Gasteiger partial charge in [-0.2, -0.15) is 4.31 Å². The van der Waals surface area contributed by atoms with Gasteiger partial charge in [-0.25, -0.2) is 13.2 Å². The molecule has 2 aliphatic rings. The average Bonchev–Trinajstić information content (AvgIpc) is 2.46. The minimum absolute atomic E-state index is 0.00553. The Kier molecular flexibility index (Phi) is 2.15. The van der Waals surface area contributed by atoms with E-state index in [1.54, 1.807) is 4.90 Å². The number of piperazine rings is 1. The lowest BCUT2D eigenvalue weighted by Crippen LogP contribution is -2.53. The van der Waals surface area contributed by atoms with E-state index in [0.717, 1.165) is 0 Å². The average molecular weight is 219 g/mol. The van der Waals surface area contributed by atoms with Gasteiger partial charge in [-0.3, -0.25) is 0 Å². The molecule has 0 aromatic carbocycles. The number of hydrogen-bond donors (Lipinski definition) is 1. The lowest BCUT2D eigenvalue weighted by molar-refractivity contribution is 0.165. The lowest BCUT2D eigenvalue weighted by atomic mass is 10.2. The Balaban J connectivity index is 2.10. The first-order valence-corrected chi connectivity index (χ1v) is 6.33. The van der Waals surface area contributed by atoms with Crippen molar-refractivity contribution in [1.82, 2.24) is 14.5 Å². The number of carbonyl (C=O) groups is 1. The van der Waals surface area contributed by atoms with Crippen LogP contribution in [0.2, 0.25) is 0 Å². The Morgan fingerprint density at radius 1 is 1.43 bits per heavy atom. The molecule has 2 saturated heterocycles. The SMILES string of the molecule is CS(=O)(=O)N1CCN2C(=O)NCC2C1. The van der Waals surface area contributed by atoms with E-state index in [-0.39, 0.29) is 12.1 Å². The van der Waals surface area contributed by atoms with E-state index in [1.165, 1.54) is 10.6 Å². The molecule has 2 rings (SSSR count). The fraction of sp³-hybridized carbons (Fsp3) is 0.857. The predicted molar refractivity (Wildman–Crippen MR) is 50.3 cm³/mol. The van der Waals surface area contributed by atoms with Crippen molar-refractivity contribution in [3.63, 3.8) is 0 Å². The minimum atomic E-state index is -3.11. The molecule has 6 nitrogen and oxygen atoms in total. The normalized spacial score (nSPS) is 28.8. The summed E-state index contributed by atoms with van der Waals surface area (Å²) >= 11 is 0. The Morgan fingerprint density at radius 2 is 2.14 bits per heavy atom. The second-order valence-corrected chi connectivity index (χ2v) is 5.64. The molecule has 0 saturated carbocycles. The number of rotatable bonds is 1. The van der Waals surface area contributed by atoms with Gasteiger partial charge in [0.1, 0.15) is 0 Å². The van der Waals surface area contributed by atoms with Crippen LogP contribution < -0.4 is 5.32 Å². The molecule has 80 valence electrons. The van der Waals surface area contributed by atoms with E-state index >= 15 is 0 Å². The van der Waals surface area contributed by atoms with Gasteiger partial charge in [0.25, 0.3) is 0 Å². The Bertz CT molecular complexity index is 353. The Labute approximate surface area is 82.9 Å². The number of nitrogens with zero attached hydrogens (tertiary/aromatic N) is 2. The fourth-order valence-corrected chi connectivity index (χ4v) is 2.73. The Morgan fingerprint density at radius 3 is 2.79 bits per heavy atom. The number of fused-ring (bicyclic) bond motifs is 1. The zero-order valence-electron chi connectivity index (χ0n) is 7.93. The lowest BCUT2D eigenvalue weighted by Gasteiger charge is -2.34. The smallest absolute Gasteiger partial charge is 0.317 e. The molecule has 0 aromatic heterocycles. The summed E-state index contributed by atoms with van der Waals surface area (Å²) in [5.74, 6) is 0. The molecule has 0 bridgehead atoms. The zero-order valence-corrected chi connectivity index (χ0v) is 8.75. The minimum Gasteiger partial charge on any atom is -0.336 e. The summed E-state index contributed by atoms with van der Waals surface area (Å²) in [6, 6.07) is -0.0749. The van der Waals surface area contributed by atoms with Crippen LogP contribution in [0.1, 0.15) is 0 Å². The van der Waals surface area contributed by atoms with E-state index in [4.69, 9.17) is 0 Å². The van der Waals surface area contributed by atoms with Crippen molar-refractivity contribution in [3.8, 4) is 0 Å². The van der Waals surface area contributed by atoms with Crippen molar-refractivity contribution in [2.45, 2.75) is 6.04 Å². The van der Waals surface area contributed by atoms with Crippen LogP contribution in [0.3, 0.4) is 0 Å². The van der Waals surface area contributed by atoms with E-state index in [9.17, 15) is 13.2 Å². The summed E-state index contributed by atoms with van der Waals surface area (Å²) in [4.78, 5) is 12.9. The number of nitrogens with one attached hydrogen (secondary N) is 1. The molecule has 2 heterocycles. The van der Waals surface area contributed by atoms with Crippen molar-refractivity contribution in [2.75, 3.05) is 32.4 Å². The quantitative estimate of drug-likeness (QED) is 0.593. The van der Waals surface area contributed by atoms with E-state index < -0.39 is 10.0 Å². The van der Waals surface area contributed by atoms with Gasteiger partial charge in [-0.05, 0) is 0 Å². The third-order valence-electron chi connectivity index (χ3n) is 2.66. The molecule has 2 aliphatic heterocycles. The van der Waals surface area contributed by atoms with E-state index in [2.05, 4.69) is 5.32 Å². The monoisotopic (exact) mass is 219 g/mol. The van der Waals surface area contributed by atoms with Crippen molar-refractivity contribution in [3.05, 3.63) is 0 Å². The first kappa shape index (κ1) is 9.72. The maximum absolute atomic E-state index is 11.3. The topological polar surface area (TPSA) is 69.7 Å². The molecule has 0 aliphatic carbocycles. The van der Waals surface area contributed by atoms with Crippen LogP contribution in [-0.2, 0) is 10.0 Å². The molecular formula is C7H13N3O3S. The maximum Gasteiger partial charge on any atom is 0.317 e. The third kappa shape index (κ3) is 1.57.